The lowest BCUT2D eigenvalue weighted by molar-refractivity contribution is 0.0931. The summed E-state index contributed by atoms with van der Waals surface area (Å²) < 4.78 is 1.98. The van der Waals surface area contributed by atoms with Gasteiger partial charge < -0.3 is 14.8 Å². The van der Waals surface area contributed by atoms with Gasteiger partial charge in [-0.15, -0.1) is 10.2 Å². The normalized spacial score (nSPS) is 22.0. The van der Waals surface area contributed by atoms with E-state index in [1.165, 1.54) is 6.42 Å². The van der Waals surface area contributed by atoms with E-state index in [9.17, 15) is 4.79 Å². The van der Waals surface area contributed by atoms with Crippen molar-refractivity contribution in [1.29, 1.82) is 0 Å². The molecule has 1 amide bonds. The van der Waals surface area contributed by atoms with E-state index >= 15 is 0 Å². The molecule has 0 radical (unpaired) electrons. The summed E-state index contributed by atoms with van der Waals surface area (Å²) in [6.45, 7) is 9.52. The minimum Gasteiger partial charge on any atom is -0.349 e. The number of carbonyl (C=O) groups is 1. The molecule has 3 heterocycles. The third kappa shape index (κ3) is 3.48. The van der Waals surface area contributed by atoms with Gasteiger partial charge in [-0.05, 0) is 37.6 Å². The highest BCUT2D eigenvalue weighted by Gasteiger charge is 2.25. The fourth-order valence-electron chi connectivity index (χ4n) is 3.55. The molecule has 1 saturated heterocycles. The average Bonchev–Trinajstić information content (AvgIpc) is 3.10. The molecule has 122 valence electrons. The Morgan fingerprint density at radius 2 is 2.18 bits per heavy atom. The van der Waals surface area contributed by atoms with E-state index in [4.69, 9.17) is 0 Å². The summed E-state index contributed by atoms with van der Waals surface area (Å²) in [7, 11) is 0. The Balaban J connectivity index is 1.50. The summed E-state index contributed by atoms with van der Waals surface area (Å²) in [4.78, 5) is 14.8. The Hall–Kier alpha value is -1.43. The first-order valence-electron chi connectivity index (χ1n) is 8.56. The predicted molar refractivity (Wildman–Crippen MR) is 84.7 cm³/mol. The second-order valence-electron chi connectivity index (χ2n) is 7.07. The molecule has 2 aliphatic rings. The lowest BCUT2D eigenvalue weighted by Crippen LogP contribution is -2.33. The van der Waals surface area contributed by atoms with E-state index < -0.39 is 0 Å². The third-order valence-electron chi connectivity index (χ3n) is 4.61. The van der Waals surface area contributed by atoms with Gasteiger partial charge in [0.05, 0.1) is 0 Å². The number of nitrogens with zero attached hydrogens (tertiary/aromatic N) is 4. The first-order chi connectivity index (χ1) is 10.6. The minimum atomic E-state index is -0.0667. The molecular formula is C16H27N5O. The SMILES string of the molecule is CC(C)CN1CCC(CNC(=O)c2nnc3n2CCCC3)C1. The second-order valence-corrected chi connectivity index (χ2v) is 7.07. The van der Waals surface area contributed by atoms with Crippen molar-refractivity contribution in [3.05, 3.63) is 11.6 Å². The Bertz CT molecular complexity index is 525. The van der Waals surface area contributed by atoms with Gasteiger partial charge in [0.15, 0.2) is 0 Å². The van der Waals surface area contributed by atoms with Crippen LogP contribution < -0.4 is 5.32 Å². The number of aryl methyl sites for hydroxylation is 1. The Morgan fingerprint density at radius 3 is 3.00 bits per heavy atom. The molecule has 22 heavy (non-hydrogen) atoms. The molecule has 6 nitrogen and oxygen atoms in total. The zero-order valence-electron chi connectivity index (χ0n) is 13.7. The monoisotopic (exact) mass is 305 g/mol. The molecule has 0 bridgehead atoms. The molecular weight excluding hydrogens is 278 g/mol. The maximum absolute atomic E-state index is 12.3. The van der Waals surface area contributed by atoms with Gasteiger partial charge in [-0.2, -0.15) is 0 Å². The van der Waals surface area contributed by atoms with Crippen molar-refractivity contribution < 1.29 is 4.79 Å². The van der Waals surface area contributed by atoms with Gasteiger partial charge in [0, 0.05) is 32.6 Å². The molecule has 1 aromatic rings. The average molecular weight is 305 g/mol. The van der Waals surface area contributed by atoms with Crippen molar-refractivity contribution in [3.63, 3.8) is 0 Å². The highest BCUT2D eigenvalue weighted by Crippen LogP contribution is 2.17. The standard InChI is InChI=1S/C16H27N5O/c1-12(2)10-20-8-6-13(11-20)9-17-16(22)15-19-18-14-5-3-4-7-21(14)15/h12-13H,3-11H2,1-2H3,(H,17,22). The topological polar surface area (TPSA) is 63.1 Å². The fourth-order valence-corrected chi connectivity index (χ4v) is 3.55. The van der Waals surface area contributed by atoms with Crippen LogP contribution in [0.2, 0.25) is 0 Å². The lowest BCUT2D eigenvalue weighted by Gasteiger charge is -2.18. The van der Waals surface area contributed by atoms with E-state index in [0.29, 0.717) is 17.7 Å². The Morgan fingerprint density at radius 1 is 1.32 bits per heavy atom. The van der Waals surface area contributed by atoms with Gasteiger partial charge in [0.1, 0.15) is 5.82 Å². The number of carbonyl (C=O) groups excluding carboxylic acids is 1. The number of hydrogen-bond donors (Lipinski definition) is 1. The van der Waals surface area contributed by atoms with Gasteiger partial charge in [-0.25, -0.2) is 0 Å². The number of hydrogen-bond acceptors (Lipinski definition) is 4. The number of fused-ring (bicyclic) bond motifs is 1. The molecule has 1 N–H and O–H groups in total. The van der Waals surface area contributed by atoms with Crippen LogP contribution in [-0.4, -0.2) is 51.8 Å². The lowest BCUT2D eigenvalue weighted by atomic mass is 10.1. The van der Waals surface area contributed by atoms with Crippen molar-refractivity contribution in [1.82, 2.24) is 25.0 Å². The summed E-state index contributed by atoms with van der Waals surface area (Å²) in [6.07, 6.45) is 4.36. The minimum absolute atomic E-state index is 0.0667. The summed E-state index contributed by atoms with van der Waals surface area (Å²) in [5.41, 5.74) is 0. The molecule has 1 aromatic heterocycles. The van der Waals surface area contributed by atoms with E-state index in [1.54, 1.807) is 0 Å². The van der Waals surface area contributed by atoms with Crippen LogP contribution in [0.15, 0.2) is 0 Å². The molecule has 1 unspecified atom stereocenters. The van der Waals surface area contributed by atoms with E-state index in [-0.39, 0.29) is 5.91 Å². The third-order valence-corrected chi connectivity index (χ3v) is 4.61. The molecule has 0 spiro atoms. The van der Waals surface area contributed by atoms with Crippen LogP contribution in [-0.2, 0) is 13.0 Å². The molecule has 6 heteroatoms. The van der Waals surface area contributed by atoms with Gasteiger partial charge in [0.25, 0.3) is 5.91 Å². The van der Waals surface area contributed by atoms with Crippen LogP contribution >= 0.6 is 0 Å². The molecule has 1 atom stereocenters. The first-order valence-corrected chi connectivity index (χ1v) is 8.56. The molecule has 3 rings (SSSR count). The van der Waals surface area contributed by atoms with E-state index in [1.807, 2.05) is 4.57 Å². The molecule has 0 aliphatic carbocycles. The molecule has 2 aliphatic heterocycles. The zero-order valence-corrected chi connectivity index (χ0v) is 13.7. The smallest absolute Gasteiger partial charge is 0.289 e. The van der Waals surface area contributed by atoms with Crippen LogP contribution in [0.5, 0.6) is 0 Å². The molecule has 0 aromatic carbocycles. The quantitative estimate of drug-likeness (QED) is 0.891. The van der Waals surface area contributed by atoms with Crippen molar-refractivity contribution in [2.75, 3.05) is 26.2 Å². The first kappa shape index (κ1) is 15.5. The van der Waals surface area contributed by atoms with Gasteiger partial charge in [-0.1, -0.05) is 13.8 Å². The maximum atomic E-state index is 12.3. The highest BCUT2D eigenvalue weighted by atomic mass is 16.2. The summed E-state index contributed by atoms with van der Waals surface area (Å²) in [6, 6.07) is 0. The number of likely N-dealkylation sites (tertiary alicyclic amines) is 1. The van der Waals surface area contributed by atoms with Crippen molar-refractivity contribution in [2.24, 2.45) is 11.8 Å². The number of nitrogens with one attached hydrogen (secondary N) is 1. The van der Waals surface area contributed by atoms with Crippen molar-refractivity contribution >= 4 is 5.91 Å². The molecule has 1 fully saturated rings. The predicted octanol–water partition coefficient (Wildman–Crippen LogP) is 1.32. The van der Waals surface area contributed by atoms with Crippen LogP contribution in [0.1, 0.15) is 49.6 Å². The van der Waals surface area contributed by atoms with Gasteiger partial charge >= 0.3 is 0 Å². The fraction of sp³-hybridized carbons (Fsp3) is 0.812. The van der Waals surface area contributed by atoms with E-state index in [2.05, 4.69) is 34.3 Å². The van der Waals surface area contributed by atoms with Crippen LogP contribution in [0.4, 0.5) is 0 Å². The maximum Gasteiger partial charge on any atom is 0.289 e. The Labute approximate surface area is 132 Å². The zero-order chi connectivity index (χ0) is 15.5. The highest BCUT2D eigenvalue weighted by molar-refractivity contribution is 5.90. The van der Waals surface area contributed by atoms with Gasteiger partial charge in [-0.3, -0.25) is 4.79 Å². The summed E-state index contributed by atoms with van der Waals surface area (Å²) >= 11 is 0. The Kier molecular flexibility index (Phi) is 4.76. The van der Waals surface area contributed by atoms with Crippen LogP contribution in [0.25, 0.3) is 0 Å². The molecule has 0 saturated carbocycles. The summed E-state index contributed by atoms with van der Waals surface area (Å²) in [5, 5.41) is 11.3. The summed E-state index contributed by atoms with van der Waals surface area (Å²) in [5.74, 6) is 2.65. The number of rotatable bonds is 5. The van der Waals surface area contributed by atoms with E-state index in [0.717, 1.165) is 57.8 Å². The number of aromatic nitrogens is 3. The number of amides is 1. The van der Waals surface area contributed by atoms with Crippen molar-refractivity contribution in [3.8, 4) is 0 Å². The van der Waals surface area contributed by atoms with Gasteiger partial charge in [0.2, 0.25) is 5.82 Å². The van der Waals surface area contributed by atoms with Crippen LogP contribution in [0.3, 0.4) is 0 Å². The van der Waals surface area contributed by atoms with Crippen molar-refractivity contribution in [2.45, 2.75) is 46.1 Å². The van der Waals surface area contributed by atoms with Crippen LogP contribution in [0, 0.1) is 11.8 Å². The largest absolute Gasteiger partial charge is 0.349 e. The second kappa shape index (κ2) is 6.77.